The third-order valence-electron chi connectivity index (χ3n) is 5.20. The normalized spacial score (nSPS) is 11.6. The van der Waals surface area contributed by atoms with E-state index >= 15 is 0 Å². The molecule has 35 heavy (non-hydrogen) atoms. The fourth-order valence-corrected chi connectivity index (χ4v) is 4.91. The van der Waals surface area contributed by atoms with E-state index < -0.39 is 23.1 Å². The summed E-state index contributed by atoms with van der Waals surface area (Å²) in [5.74, 6) is 0.247. The van der Waals surface area contributed by atoms with E-state index in [2.05, 4.69) is 15.9 Å². The maximum Gasteiger partial charge on any atom is 0.306 e. The van der Waals surface area contributed by atoms with E-state index in [1.807, 2.05) is 24.3 Å². The van der Waals surface area contributed by atoms with E-state index in [0.29, 0.717) is 38.8 Å². The number of benzene rings is 2. The predicted octanol–water partition coefficient (Wildman–Crippen LogP) is 5.12. The topological polar surface area (TPSA) is 104 Å². The zero-order valence-corrected chi connectivity index (χ0v) is 22.0. The van der Waals surface area contributed by atoms with Gasteiger partial charge in [-0.25, -0.2) is 0 Å². The smallest absolute Gasteiger partial charge is 0.306 e. The van der Waals surface area contributed by atoms with Crippen LogP contribution in [0.5, 0.6) is 23.0 Å². The lowest BCUT2D eigenvalue weighted by atomic mass is 9.92. The zero-order valence-electron chi connectivity index (χ0n) is 19.6. The summed E-state index contributed by atoms with van der Waals surface area (Å²) >= 11 is 4.88. The van der Waals surface area contributed by atoms with Crippen molar-refractivity contribution in [3.05, 3.63) is 74.2 Å². The van der Waals surface area contributed by atoms with Gasteiger partial charge in [-0.15, -0.1) is 11.8 Å². The van der Waals surface area contributed by atoms with Crippen LogP contribution in [0.1, 0.15) is 29.4 Å². The van der Waals surface area contributed by atoms with Gasteiger partial charge in [0.1, 0.15) is 11.5 Å². The van der Waals surface area contributed by atoms with Crippen molar-refractivity contribution in [3.63, 3.8) is 0 Å². The fraction of sp³-hybridized carbons (Fsp3) is 0.280. The number of esters is 1. The van der Waals surface area contributed by atoms with Gasteiger partial charge in [0.05, 0.1) is 51.0 Å². The molecule has 0 radical (unpaired) electrons. The molecule has 0 spiro atoms. The average Bonchev–Trinajstić information content (AvgIpc) is 2.87. The Morgan fingerprint density at radius 1 is 1.09 bits per heavy atom. The molecule has 3 aromatic rings. The number of methoxy groups -OCH3 is 4. The first-order valence-electron chi connectivity index (χ1n) is 10.4. The lowest BCUT2D eigenvalue weighted by Crippen LogP contribution is -2.14. The molecule has 0 fully saturated rings. The van der Waals surface area contributed by atoms with Gasteiger partial charge >= 0.3 is 5.97 Å². The molecule has 0 bridgehead atoms. The summed E-state index contributed by atoms with van der Waals surface area (Å²) in [4.78, 5) is 25.8. The summed E-state index contributed by atoms with van der Waals surface area (Å²) < 4.78 is 27.5. The number of hydrogen-bond acceptors (Lipinski definition) is 9. The molecule has 2 aromatic carbocycles. The maximum atomic E-state index is 12.6. The molecular formula is C25H25BrO8S. The molecule has 8 nitrogen and oxygen atoms in total. The zero-order chi connectivity index (χ0) is 25.5. The molecule has 1 aromatic heterocycles. The Balaban J connectivity index is 2.04. The Labute approximate surface area is 215 Å². The summed E-state index contributed by atoms with van der Waals surface area (Å²) in [5, 5.41) is 10.6. The van der Waals surface area contributed by atoms with Gasteiger partial charge in [0.15, 0.2) is 17.3 Å². The van der Waals surface area contributed by atoms with Crippen LogP contribution >= 0.6 is 27.7 Å². The van der Waals surface area contributed by atoms with Crippen LogP contribution < -0.4 is 19.6 Å². The quantitative estimate of drug-likeness (QED) is 0.265. The molecule has 0 saturated carbocycles. The summed E-state index contributed by atoms with van der Waals surface area (Å²) in [7, 11) is 5.84. The van der Waals surface area contributed by atoms with E-state index in [1.165, 1.54) is 39.2 Å². The number of rotatable bonds is 10. The number of carbonyl (C=O) groups is 1. The van der Waals surface area contributed by atoms with Gasteiger partial charge in [0.2, 0.25) is 11.2 Å². The molecule has 1 N–H and O–H groups in total. The van der Waals surface area contributed by atoms with Gasteiger partial charge in [-0.3, -0.25) is 9.59 Å². The number of hydrogen-bond donors (Lipinski definition) is 1. The molecule has 0 aliphatic carbocycles. The molecule has 3 rings (SSSR count). The molecule has 0 amide bonds. The third-order valence-corrected chi connectivity index (χ3v) is 6.80. The lowest BCUT2D eigenvalue weighted by Gasteiger charge is -2.20. The molecule has 0 saturated heterocycles. The molecule has 1 heterocycles. The van der Waals surface area contributed by atoms with Crippen LogP contribution in [0.3, 0.4) is 0 Å². The van der Waals surface area contributed by atoms with Gasteiger partial charge in [0, 0.05) is 11.0 Å². The van der Waals surface area contributed by atoms with E-state index in [1.54, 1.807) is 19.2 Å². The second-order valence-electron chi connectivity index (χ2n) is 7.33. The Hall–Kier alpha value is -3.11. The molecular weight excluding hydrogens is 540 g/mol. The van der Waals surface area contributed by atoms with Crippen molar-refractivity contribution < 1.29 is 33.3 Å². The SMILES string of the molecule is COC(=O)C[C@@H](c1cc(Br)c(OC)c(OC)c1)c1oc(CSc2cccc(OC)c2)cc(=O)c1O. The highest BCUT2D eigenvalue weighted by Crippen LogP contribution is 2.42. The van der Waals surface area contributed by atoms with Crippen molar-refractivity contribution in [1.29, 1.82) is 0 Å². The number of carbonyl (C=O) groups excluding carboxylic acids is 1. The molecule has 0 aliphatic rings. The minimum Gasteiger partial charge on any atom is -0.502 e. The summed E-state index contributed by atoms with van der Waals surface area (Å²) in [6, 6.07) is 12.1. The Morgan fingerprint density at radius 3 is 2.51 bits per heavy atom. The molecule has 10 heteroatoms. The Morgan fingerprint density at radius 2 is 1.86 bits per heavy atom. The van der Waals surface area contributed by atoms with Crippen LogP contribution in [0.2, 0.25) is 0 Å². The molecule has 186 valence electrons. The van der Waals surface area contributed by atoms with Crippen LogP contribution in [0, 0.1) is 0 Å². The Kier molecular flexibility index (Phi) is 9.11. The Bertz CT molecular complexity index is 1260. The van der Waals surface area contributed by atoms with Crippen LogP contribution in [0.15, 0.2) is 61.0 Å². The van der Waals surface area contributed by atoms with Crippen molar-refractivity contribution in [2.45, 2.75) is 23.0 Å². The van der Waals surface area contributed by atoms with Crippen molar-refractivity contribution in [2.75, 3.05) is 28.4 Å². The molecule has 0 aliphatic heterocycles. The minimum absolute atomic E-state index is 0.0386. The monoisotopic (exact) mass is 564 g/mol. The second kappa shape index (κ2) is 12.0. The fourth-order valence-electron chi connectivity index (χ4n) is 3.46. The number of halogens is 1. The van der Waals surface area contributed by atoms with Gasteiger partial charge in [-0.1, -0.05) is 6.07 Å². The third kappa shape index (κ3) is 6.32. The van der Waals surface area contributed by atoms with Crippen LogP contribution in [0.25, 0.3) is 0 Å². The van der Waals surface area contributed by atoms with Crippen LogP contribution in [0.4, 0.5) is 0 Å². The van der Waals surface area contributed by atoms with Gasteiger partial charge in [0.25, 0.3) is 0 Å². The van der Waals surface area contributed by atoms with E-state index in [0.717, 1.165) is 4.90 Å². The summed E-state index contributed by atoms with van der Waals surface area (Å²) in [6.07, 6.45) is -0.179. The highest BCUT2D eigenvalue weighted by atomic mass is 79.9. The van der Waals surface area contributed by atoms with Gasteiger partial charge < -0.3 is 28.5 Å². The van der Waals surface area contributed by atoms with Gasteiger partial charge in [-0.05, 0) is 51.8 Å². The van der Waals surface area contributed by atoms with Gasteiger partial charge in [-0.2, -0.15) is 0 Å². The lowest BCUT2D eigenvalue weighted by molar-refractivity contribution is -0.140. The molecule has 0 unspecified atom stereocenters. The first-order chi connectivity index (χ1) is 16.8. The minimum atomic E-state index is -0.826. The number of aromatic hydroxyl groups is 1. The van der Waals surface area contributed by atoms with Crippen molar-refractivity contribution in [1.82, 2.24) is 0 Å². The van der Waals surface area contributed by atoms with Crippen LogP contribution in [-0.4, -0.2) is 39.5 Å². The van der Waals surface area contributed by atoms with Crippen molar-refractivity contribution in [2.24, 2.45) is 0 Å². The standard InChI is InChI=1S/C25H25BrO8S/c1-30-15-6-5-7-17(10-15)35-13-16-11-20(27)23(29)24(34-16)18(12-22(28)32-3)14-8-19(26)25(33-4)21(9-14)31-2/h5-11,18,29H,12-13H2,1-4H3/t18-/m0/s1. The maximum absolute atomic E-state index is 12.6. The second-order valence-corrected chi connectivity index (χ2v) is 9.23. The first-order valence-corrected chi connectivity index (χ1v) is 12.2. The number of thioether (sulfide) groups is 1. The number of ether oxygens (including phenoxy) is 4. The summed E-state index contributed by atoms with van der Waals surface area (Å²) in [5.41, 5.74) is -0.0575. The van der Waals surface area contributed by atoms with Crippen molar-refractivity contribution >= 4 is 33.7 Å². The highest BCUT2D eigenvalue weighted by Gasteiger charge is 2.28. The summed E-state index contributed by atoms with van der Waals surface area (Å²) in [6.45, 7) is 0. The van der Waals surface area contributed by atoms with E-state index in [4.69, 9.17) is 23.4 Å². The van der Waals surface area contributed by atoms with E-state index in [-0.39, 0.29) is 12.2 Å². The predicted molar refractivity (Wildman–Crippen MR) is 135 cm³/mol. The van der Waals surface area contributed by atoms with E-state index in [9.17, 15) is 14.7 Å². The molecule has 1 atom stereocenters. The highest BCUT2D eigenvalue weighted by molar-refractivity contribution is 9.10. The largest absolute Gasteiger partial charge is 0.502 e. The average molecular weight is 565 g/mol. The first kappa shape index (κ1) is 26.5. The van der Waals surface area contributed by atoms with Crippen molar-refractivity contribution in [3.8, 4) is 23.0 Å². The van der Waals surface area contributed by atoms with Crippen LogP contribution in [-0.2, 0) is 15.3 Å².